The van der Waals surface area contributed by atoms with Gasteiger partial charge in [0.15, 0.2) is 11.5 Å². The molecule has 0 aromatic heterocycles. The molecule has 3 nitrogen and oxygen atoms in total. The van der Waals surface area contributed by atoms with E-state index in [4.69, 9.17) is 26.8 Å². The molecule has 0 atom stereocenters. The first-order valence-corrected chi connectivity index (χ1v) is 6.38. The van der Waals surface area contributed by atoms with Gasteiger partial charge in [-0.1, -0.05) is 24.4 Å². The van der Waals surface area contributed by atoms with Crippen LogP contribution in [0.4, 0.5) is 0 Å². The molecule has 3 rings (SSSR count). The Hall–Kier alpha value is -0.930. The number of fused-ring (bicyclic) bond motifs is 1. The van der Waals surface area contributed by atoms with Crippen molar-refractivity contribution in [2.45, 2.75) is 38.1 Å². The summed E-state index contributed by atoms with van der Waals surface area (Å²) < 4.78 is 10.8. The maximum Gasteiger partial charge on any atom is 0.231 e. The topological polar surface area (TPSA) is 44.5 Å². The van der Waals surface area contributed by atoms with Crippen LogP contribution in [-0.2, 0) is 5.54 Å². The molecule has 1 aromatic rings. The minimum Gasteiger partial charge on any atom is -0.454 e. The van der Waals surface area contributed by atoms with Crippen molar-refractivity contribution < 1.29 is 9.47 Å². The molecule has 2 N–H and O–H groups in total. The standard InChI is InChI=1S/C13H16ClNO2/c1-8-9(13(15)4-2-3-5-13)6-10-12(11(8)14)17-7-16-10/h6H,2-5,7,15H2,1H3. The van der Waals surface area contributed by atoms with E-state index < -0.39 is 0 Å². The number of rotatable bonds is 1. The van der Waals surface area contributed by atoms with Crippen LogP contribution in [-0.4, -0.2) is 6.79 Å². The second-order valence-electron chi connectivity index (χ2n) is 4.96. The summed E-state index contributed by atoms with van der Waals surface area (Å²) >= 11 is 6.32. The molecule has 2 aliphatic rings. The smallest absolute Gasteiger partial charge is 0.231 e. The van der Waals surface area contributed by atoms with Crippen molar-refractivity contribution in [3.05, 3.63) is 22.2 Å². The zero-order chi connectivity index (χ0) is 12.0. The van der Waals surface area contributed by atoms with Crippen LogP contribution >= 0.6 is 11.6 Å². The maximum atomic E-state index is 6.49. The van der Waals surface area contributed by atoms with Crippen molar-refractivity contribution in [1.82, 2.24) is 0 Å². The van der Waals surface area contributed by atoms with Crippen LogP contribution in [0, 0.1) is 6.92 Å². The first-order valence-electron chi connectivity index (χ1n) is 6.00. The Labute approximate surface area is 106 Å². The van der Waals surface area contributed by atoms with Gasteiger partial charge in [-0.25, -0.2) is 0 Å². The lowest BCUT2D eigenvalue weighted by Gasteiger charge is -2.27. The van der Waals surface area contributed by atoms with Gasteiger partial charge in [0.25, 0.3) is 0 Å². The van der Waals surface area contributed by atoms with E-state index in [1.54, 1.807) is 0 Å². The second kappa shape index (κ2) is 3.79. The molecule has 0 saturated heterocycles. The van der Waals surface area contributed by atoms with E-state index in [9.17, 15) is 0 Å². The van der Waals surface area contributed by atoms with Crippen LogP contribution in [0.25, 0.3) is 0 Å². The molecule has 1 fully saturated rings. The third-order valence-electron chi connectivity index (χ3n) is 3.88. The molecule has 0 bridgehead atoms. The summed E-state index contributed by atoms with van der Waals surface area (Å²) in [6, 6.07) is 2.01. The van der Waals surface area contributed by atoms with Crippen molar-refractivity contribution in [3.8, 4) is 11.5 Å². The maximum absolute atomic E-state index is 6.49. The van der Waals surface area contributed by atoms with E-state index in [-0.39, 0.29) is 12.3 Å². The molecule has 0 radical (unpaired) electrons. The fourth-order valence-corrected chi connectivity index (χ4v) is 3.14. The van der Waals surface area contributed by atoms with Gasteiger partial charge in [-0.05, 0) is 37.0 Å². The summed E-state index contributed by atoms with van der Waals surface area (Å²) in [5.41, 5.74) is 8.39. The van der Waals surface area contributed by atoms with E-state index in [1.807, 2.05) is 13.0 Å². The lowest BCUT2D eigenvalue weighted by molar-refractivity contribution is 0.174. The highest BCUT2D eigenvalue weighted by atomic mass is 35.5. The Morgan fingerprint density at radius 2 is 2.00 bits per heavy atom. The van der Waals surface area contributed by atoms with Crippen LogP contribution < -0.4 is 15.2 Å². The summed E-state index contributed by atoms with van der Waals surface area (Å²) in [7, 11) is 0. The normalized spacial score (nSPS) is 20.9. The van der Waals surface area contributed by atoms with Crippen molar-refractivity contribution in [2.24, 2.45) is 5.73 Å². The predicted octanol–water partition coefficient (Wildman–Crippen LogP) is 3.11. The number of hydrogen-bond acceptors (Lipinski definition) is 3. The van der Waals surface area contributed by atoms with Gasteiger partial charge >= 0.3 is 0 Å². The lowest BCUT2D eigenvalue weighted by Crippen LogP contribution is -2.34. The molecule has 1 saturated carbocycles. The predicted molar refractivity (Wildman–Crippen MR) is 66.6 cm³/mol. The number of benzene rings is 1. The quantitative estimate of drug-likeness (QED) is 0.836. The van der Waals surface area contributed by atoms with Crippen LogP contribution in [0.5, 0.6) is 11.5 Å². The third kappa shape index (κ3) is 1.60. The SMILES string of the molecule is Cc1c(C2(N)CCCC2)cc2c(c1Cl)OCO2. The summed E-state index contributed by atoms with van der Waals surface area (Å²) in [6.45, 7) is 2.25. The van der Waals surface area contributed by atoms with Crippen molar-refractivity contribution in [1.29, 1.82) is 0 Å². The van der Waals surface area contributed by atoms with Gasteiger partial charge in [0.1, 0.15) is 0 Å². The molecule has 1 aliphatic heterocycles. The highest BCUT2D eigenvalue weighted by Gasteiger charge is 2.35. The molecule has 92 valence electrons. The molecule has 0 amide bonds. The zero-order valence-corrected chi connectivity index (χ0v) is 10.6. The van der Waals surface area contributed by atoms with E-state index in [1.165, 1.54) is 12.8 Å². The summed E-state index contributed by atoms with van der Waals surface area (Å²) in [5.74, 6) is 1.39. The number of hydrogen-bond donors (Lipinski definition) is 1. The van der Waals surface area contributed by atoms with E-state index >= 15 is 0 Å². The Balaban J connectivity index is 2.14. The van der Waals surface area contributed by atoms with Crippen molar-refractivity contribution in [3.63, 3.8) is 0 Å². The Kier molecular flexibility index (Phi) is 2.49. The summed E-state index contributed by atoms with van der Waals surface area (Å²) in [4.78, 5) is 0. The molecule has 1 heterocycles. The number of halogens is 1. The van der Waals surface area contributed by atoms with Gasteiger partial charge in [0, 0.05) is 5.54 Å². The van der Waals surface area contributed by atoms with Crippen LogP contribution in [0.3, 0.4) is 0 Å². The Morgan fingerprint density at radius 1 is 1.29 bits per heavy atom. The highest BCUT2D eigenvalue weighted by Crippen LogP contribution is 2.47. The number of ether oxygens (including phenoxy) is 2. The highest BCUT2D eigenvalue weighted by molar-refractivity contribution is 6.33. The van der Waals surface area contributed by atoms with Crippen LogP contribution in [0.15, 0.2) is 6.07 Å². The average molecular weight is 254 g/mol. The first-order chi connectivity index (χ1) is 8.12. The summed E-state index contributed by atoms with van der Waals surface area (Å²) in [6.07, 6.45) is 4.40. The van der Waals surface area contributed by atoms with Gasteiger partial charge in [0.2, 0.25) is 6.79 Å². The van der Waals surface area contributed by atoms with Gasteiger partial charge < -0.3 is 15.2 Å². The van der Waals surface area contributed by atoms with E-state index in [0.29, 0.717) is 10.8 Å². The largest absolute Gasteiger partial charge is 0.454 e. The van der Waals surface area contributed by atoms with E-state index in [2.05, 4.69) is 0 Å². The molecule has 0 spiro atoms. The molecular weight excluding hydrogens is 238 g/mol. The minimum atomic E-state index is -0.241. The molecular formula is C13H16ClNO2. The van der Waals surface area contributed by atoms with Crippen LogP contribution in [0.2, 0.25) is 5.02 Å². The number of nitrogens with two attached hydrogens (primary N) is 1. The van der Waals surface area contributed by atoms with Gasteiger partial charge in [-0.2, -0.15) is 0 Å². The fourth-order valence-electron chi connectivity index (χ4n) is 2.89. The fraction of sp³-hybridized carbons (Fsp3) is 0.538. The van der Waals surface area contributed by atoms with Crippen molar-refractivity contribution >= 4 is 11.6 Å². The monoisotopic (exact) mass is 253 g/mol. The summed E-state index contributed by atoms with van der Waals surface area (Å²) in [5, 5.41) is 0.645. The minimum absolute atomic E-state index is 0.241. The Bertz CT molecular complexity index is 467. The van der Waals surface area contributed by atoms with Gasteiger partial charge in [0.05, 0.1) is 5.02 Å². The first kappa shape index (κ1) is 11.2. The third-order valence-corrected chi connectivity index (χ3v) is 4.34. The molecule has 1 aliphatic carbocycles. The Morgan fingerprint density at radius 3 is 2.71 bits per heavy atom. The van der Waals surface area contributed by atoms with Crippen LogP contribution in [0.1, 0.15) is 36.8 Å². The zero-order valence-electron chi connectivity index (χ0n) is 9.88. The second-order valence-corrected chi connectivity index (χ2v) is 5.34. The van der Waals surface area contributed by atoms with Gasteiger partial charge in [-0.15, -0.1) is 0 Å². The van der Waals surface area contributed by atoms with Crippen molar-refractivity contribution in [2.75, 3.05) is 6.79 Å². The lowest BCUT2D eigenvalue weighted by atomic mass is 9.86. The average Bonchev–Trinajstić information content (AvgIpc) is 2.92. The molecule has 17 heavy (non-hydrogen) atoms. The van der Waals surface area contributed by atoms with Gasteiger partial charge in [-0.3, -0.25) is 0 Å². The molecule has 0 unspecified atom stereocenters. The van der Waals surface area contributed by atoms with E-state index in [0.717, 1.165) is 29.7 Å². The molecule has 1 aromatic carbocycles. The molecule has 4 heteroatoms.